The first-order valence-corrected chi connectivity index (χ1v) is 9.10. The summed E-state index contributed by atoms with van der Waals surface area (Å²) in [5.41, 5.74) is 1.35. The lowest BCUT2D eigenvalue weighted by atomic mass is 10.3. The third-order valence-corrected chi connectivity index (χ3v) is 4.46. The molecule has 2 rings (SSSR count). The number of hydrogen-bond donors (Lipinski definition) is 2. The van der Waals surface area contributed by atoms with Gasteiger partial charge in [-0.15, -0.1) is 0 Å². The molecule has 0 amide bonds. The summed E-state index contributed by atoms with van der Waals surface area (Å²) >= 11 is 5.08. The van der Waals surface area contributed by atoms with Crippen LogP contribution in [0, 0.1) is 13.8 Å². The van der Waals surface area contributed by atoms with Gasteiger partial charge in [-0.05, 0) is 69.1 Å². The second kappa shape index (κ2) is 7.54. The van der Waals surface area contributed by atoms with Crippen molar-refractivity contribution in [3.8, 4) is 0 Å². The van der Waals surface area contributed by atoms with E-state index >= 15 is 0 Å². The Morgan fingerprint density at radius 2 is 1.88 bits per heavy atom. The van der Waals surface area contributed by atoms with Crippen LogP contribution in [-0.4, -0.2) is 30.0 Å². The summed E-state index contributed by atoms with van der Waals surface area (Å²) in [6.07, 6.45) is 0. The molecule has 0 saturated heterocycles. The number of aromatic nitrogens is 2. The molecule has 128 valence electrons. The summed E-state index contributed by atoms with van der Waals surface area (Å²) in [4.78, 5) is 8.21. The second-order valence-corrected chi connectivity index (χ2v) is 7.00. The summed E-state index contributed by atoms with van der Waals surface area (Å²) in [5.74, 6) is 0.593. The van der Waals surface area contributed by atoms with Gasteiger partial charge in [0.15, 0.2) is 5.11 Å². The Morgan fingerprint density at radius 1 is 1.21 bits per heavy atom. The molecule has 1 aromatic carbocycles. The van der Waals surface area contributed by atoms with Gasteiger partial charge in [0.05, 0.1) is 4.90 Å². The normalized spacial score (nSPS) is 11.0. The molecule has 1 heterocycles. The maximum Gasteiger partial charge on any atom is 0.202 e. The van der Waals surface area contributed by atoms with E-state index in [-0.39, 0.29) is 10.7 Å². The smallest absolute Gasteiger partial charge is 0.202 e. The van der Waals surface area contributed by atoms with Crippen LogP contribution in [0.1, 0.15) is 18.4 Å². The van der Waals surface area contributed by atoms with E-state index in [0.29, 0.717) is 28.9 Å². The van der Waals surface area contributed by atoms with Crippen molar-refractivity contribution >= 4 is 38.9 Å². The lowest BCUT2D eigenvalue weighted by Crippen LogP contribution is -2.27. The molecule has 24 heavy (non-hydrogen) atoms. The van der Waals surface area contributed by atoms with Crippen LogP contribution in [0.15, 0.2) is 35.2 Å². The van der Waals surface area contributed by atoms with E-state index in [2.05, 4.69) is 25.3 Å². The number of thiocarbonyl (C=S) groups is 1. The summed E-state index contributed by atoms with van der Waals surface area (Å²) in [7, 11) is -3.84. The standard InChI is InChI=1S/C15H19N5O2S2/c1-4-16-15(23)19-12-5-7-13(8-6-12)24(21,22)20-14-9-10(2)17-11(3)18-14/h5-9H,4H2,1-3H3,(H3,16,17,18,19,20,23)/p-1. The fraction of sp³-hybridized carbons (Fsp3) is 0.267. The Bertz CT molecular complexity index is 815. The van der Waals surface area contributed by atoms with E-state index in [4.69, 9.17) is 12.2 Å². The largest absolute Gasteiger partial charge is 0.423 e. The minimum absolute atomic E-state index is 0.0799. The van der Waals surface area contributed by atoms with E-state index in [1.807, 2.05) is 6.92 Å². The SMILES string of the molecule is CCNC(=S)Nc1ccc(S(=O)(=O)[N-]c2cc(C)nc(C)n2)cc1. The van der Waals surface area contributed by atoms with Crippen molar-refractivity contribution in [2.75, 3.05) is 11.9 Å². The summed E-state index contributed by atoms with van der Waals surface area (Å²) in [6, 6.07) is 7.72. The first kappa shape index (κ1) is 18.1. The Kier molecular flexibility index (Phi) is 5.68. The van der Waals surface area contributed by atoms with Crippen LogP contribution in [0.4, 0.5) is 11.5 Å². The van der Waals surface area contributed by atoms with Gasteiger partial charge in [-0.1, -0.05) is 0 Å². The molecule has 2 N–H and O–H groups in total. The van der Waals surface area contributed by atoms with Crippen LogP contribution >= 0.6 is 12.2 Å². The van der Waals surface area contributed by atoms with E-state index in [0.717, 1.165) is 0 Å². The minimum atomic E-state index is -3.84. The Hall–Kier alpha value is -2.26. The molecule has 0 aliphatic rings. The fourth-order valence-electron chi connectivity index (χ4n) is 1.97. The zero-order chi connectivity index (χ0) is 17.7. The lowest BCUT2D eigenvalue weighted by Gasteiger charge is -2.17. The van der Waals surface area contributed by atoms with Gasteiger partial charge in [-0.25, -0.2) is 8.42 Å². The molecule has 9 heteroatoms. The van der Waals surface area contributed by atoms with E-state index < -0.39 is 10.0 Å². The molecule has 0 saturated carbocycles. The van der Waals surface area contributed by atoms with Crippen molar-refractivity contribution in [3.05, 3.63) is 46.6 Å². The van der Waals surface area contributed by atoms with E-state index in [1.54, 1.807) is 26.0 Å². The van der Waals surface area contributed by atoms with Gasteiger partial charge >= 0.3 is 0 Å². The highest BCUT2D eigenvalue weighted by atomic mass is 32.2. The zero-order valence-electron chi connectivity index (χ0n) is 13.6. The molecular weight excluding hydrogens is 346 g/mol. The molecule has 0 unspecified atom stereocenters. The van der Waals surface area contributed by atoms with Crippen molar-refractivity contribution in [1.29, 1.82) is 0 Å². The molecular formula is C15H18N5O2S2-. The summed E-state index contributed by atoms with van der Waals surface area (Å²) in [5, 5.41) is 6.39. The topological polar surface area (TPSA) is 98.1 Å². The first-order chi connectivity index (χ1) is 11.3. The van der Waals surface area contributed by atoms with Crippen LogP contribution in [0.25, 0.3) is 4.72 Å². The van der Waals surface area contributed by atoms with Crippen molar-refractivity contribution in [1.82, 2.24) is 15.3 Å². The van der Waals surface area contributed by atoms with Gasteiger partial charge in [0.25, 0.3) is 0 Å². The molecule has 2 aromatic rings. The average molecular weight is 364 g/mol. The van der Waals surface area contributed by atoms with Crippen LogP contribution < -0.4 is 10.6 Å². The van der Waals surface area contributed by atoms with Crippen molar-refractivity contribution in [2.24, 2.45) is 0 Å². The zero-order valence-corrected chi connectivity index (χ0v) is 15.2. The third kappa shape index (κ3) is 4.87. The highest BCUT2D eigenvalue weighted by Crippen LogP contribution is 2.27. The number of hydrogen-bond acceptors (Lipinski definition) is 5. The monoisotopic (exact) mass is 364 g/mol. The van der Waals surface area contributed by atoms with E-state index in [1.165, 1.54) is 18.2 Å². The van der Waals surface area contributed by atoms with Gasteiger partial charge in [-0.3, -0.25) is 4.98 Å². The number of nitrogens with zero attached hydrogens (tertiary/aromatic N) is 3. The fourth-order valence-corrected chi connectivity index (χ4v) is 3.15. The Labute approximate surface area is 147 Å². The quantitative estimate of drug-likeness (QED) is 0.787. The Balaban J connectivity index is 2.16. The molecule has 0 fully saturated rings. The third-order valence-electron chi connectivity index (χ3n) is 2.91. The van der Waals surface area contributed by atoms with Gasteiger partial charge in [0.2, 0.25) is 10.0 Å². The maximum atomic E-state index is 12.4. The minimum Gasteiger partial charge on any atom is -0.423 e. The first-order valence-electron chi connectivity index (χ1n) is 7.25. The van der Waals surface area contributed by atoms with Crippen LogP contribution in [-0.2, 0) is 10.0 Å². The molecule has 0 bridgehead atoms. The summed E-state index contributed by atoms with van der Waals surface area (Å²) < 4.78 is 28.5. The number of benzene rings is 1. The van der Waals surface area contributed by atoms with Gasteiger partial charge in [0.1, 0.15) is 0 Å². The van der Waals surface area contributed by atoms with Crippen LogP contribution in [0.5, 0.6) is 0 Å². The van der Waals surface area contributed by atoms with Gasteiger partial charge in [-0.2, -0.15) is 0 Å². The van der Waals surface area contributed by atoms with Crippen molar-refractivity contribution in [2.45, 2.75) is 25.7 Å². The lowest BCUT2D eigenvalue weighted by molar-refractivity contribution is 0.603. The van der Waals surface area contributed by atoms with Gasteiger partial charge < -0.3 is 20.3 Å². The van der Waals surface area contributed by atoms with Crippen molar-refractivity contribution in [3.63, 3.8) is 0 Å². The molecule has 1 aromatic heterocycles. The highest BCUT2D eigenvalue weighted by Gasteiger charge is 2.10. The average Bonchev–Trinajstić information content (AvgIpc) is 2.46. The predicted molar refractivity (Wildman–Crippen MR) is 98.1 cm³/mol. The van der Waals surface area contributed by atoms with Crippen LogP contribution in [0.3, 0.4) is 0 Å². The predicted octanol–water partition coefficient (Wildman–Crippen LogP) is 2.79. The number of anilines is 1. The summed E-state index contributed by atoms with van der Waals surface area (Å²) in [6.45, 7) is 6.08. The van der Waals surface area contributed by atoms with Gasteiger partial charge in [0, 0.05) is 23.8 Å². The number of aryl methyl sites for hydroxylation is 2. The molecule has 7 nitrogen and oxygen atoms in total. The molecule has 0 aliphatic carbocycles. The molecule has 0 atom stereocenters. The second-order valence-electron chi connectivity index (χ2n) is 4.99. The van der Waals surface area contributed by atoms with Crippen molar-refractivity contribution < 1.29 is 8.42 Å². The number of rotatable bonds is 5. The molecule has 0 aliphatic heterocycles. The number of nitrogens with one attached hydrogen (secondary N) is 2. The number of sulfonamides is 1. The van der Waals surface area contributed by atoms with E-state index in [9.17, 15) is 8.42 Å². The molecule has 0 spiro atoms. The highest BCUT2D eigenvalue weighted by molar-refractivity contribution is 7.94. The molecule has 0 radical (unpaired) electrons. The Morgan fingerprint density at radius 3 is 2.46 bits per heavy atom. The maximum absolute atomic E-state index is 12.4. The van der Waals surface area contributed by atoms with Crippen LogP contribution in [0.2, 0.25) is 0 Å².